The molecule has 0 atom stereocenters. The van der Waals surface area contributed by atoms with Gasteiger partial charge in [-0.25, -0.2) is 0 Å². The molecule has 1 aromatic heterocycles. The first-order valence-corrected chi connectivity index (χ1v) is 5.64. The van der Waals surface area contributed by atoms with Crippen molar-refractivity contribution in [1.29, 1.82) is 0 Å². The minimum atomic E-state index is -0.333. The van der Waals surface area contributed by atoms with E-state index in [1.807, 2.05) is 0 Å². The molecule has 5 nitrogen and oxygen atoms in total. The maximum atomic E-state index is 11.2. The maximum Gasteiger partial charge on any atom is 0.310 e. The summed E-state index contributed by atoms with van der Waals surface area (Å²) in [7, 11) is 1.34. The van der Waals surface area contributed by atoms with Gasteiger partial charge < -0.3 is 9.26 Å². The number of hydrogen-bond acceptors (Lipinski definition) is 5. The Balaban J connectivity index is 2.27. The van der Waals surface area contributed by atoms with Gasteiger partial charge in [-0.1, -0.05) is 28.9 Å². The first kappa shape index (κ1) is 12.6. The number of methoxy groups -OCH3 is 1. The molecule has 94 valence electrons. The number of aromatic nitrogens is 2. The van der Waals surface area contributed by atoms with E-state index in [0.29, 0.717) is 22.3 Å². The van der Waals surface area contributed by atoms with Gasteiger partial charge in [-0.2, -0.15) is 4.98 Å². The van der Waals surface area contributed by atoms with Crippen LogP contribution in [0.3, 0.4) is 0 Å². The van der Waals surface area contributed by atoms with Gasteiger partial charge in [0.1, 0.15) is 0 Å². The van der Waals surface area contributed by atoms with E-state index >= 15 is 0 Å². The predicted molar refractivity (Wildman–Crippen MR) is 65.2 cm³/mol. The van der Waals surface area contributed by atoms with Crippen LogP contribution in [0.4, 0.5) is 0 Å². The second kappa shape index (κ2) is 5.18. The number of aryl methyl sites for hydroxylation is 1. The molecule has 0 unspecified atom stereocenters. The number of rotatable bonds is 3. The molecule has 0 fully saturated rings. The van der Waals surface area contributed by atoms with Crippen molar-refractivity contribution in [3.05, 3.63) is 34.7 Å². The Hall–Kier alpha value is -1.88. The number of ether oxygens (including phenoxy) is 1. The third-order valence-electron chi connectivity index (χ3n) is 2.40. The zero-order valence-electron chi connectivity index (χ0n) is 9.94. The molecule has 0 saturated heterocycles. The van der Waals surface area contributed by atoms with E-state index in [9.17, 15) is 4.79 Å². The Morgan fingerprint density at radius 2 is 2.28 bits per heavy atom. The average Bonchev–Trinajstić information content (AvgIpc) is 2.78. The molecule has 2 rings (SSSR count). The fourth-order valence-electron chi connectivity index (χ4n) is 1.47. The molecule has 0 saturated carbocycles. The van der Waals surface area contributed by atoms with Crippen molar-refractivity contribution in [2.24, 2.45) is 0 Å². The molecule has 0 aliphatic heterocycles. The van der Waals surface area contributed by atoms with Crippen molar-refractivity contribution in [3.8, 4) is 11.4 Å². The molecule has 0 radical (unpaired) electrons. The maximum absolute atomic E-state index is 11.2. The summed E-state index contributed by atoms with van der Waals surface area (Å²) in [5, 5.41) is 4.27. The van der Waals surface area contributed by atoms with E-state index in [-0.39, 0.29) is 12.4 Å². The van der Waals surface area contributed by atoms with Crippen molar-refractivity contribution in [3.63, 3.8) is 0 Å². The van der Waals surface area contributed by atoms with Gasteiger partial charge in [-0.3, -0.25) is 4.79 Å². The second-order valence-electron chi connectivity index (χ2n) is 3.70. The third-order valence-corrected chi connectivity index (χ3v) is 2.75. The summed E-state index contributed by atoms with van der Waals surface area (Å²) < 4.78 is 9.48. The number of esters is 1. The molecule has 1 heterocycles. The number of benzene rings is 1. The number of carbonyl (C=O) groups is 1. The predicted octanol–water partition coefficient (Wildman–Crippen LogP) is 2.41. The first-order chi connectivity index (χ1) is 8.60. The highest BCUT2D eigenvalue weighted by Gasteiger charge is 2.11. The van der Waals surface area contributed by atoms with E-state index in [0.717, 1.165) is 5.56 Å². The molecule has 0 aliphatic carbocycles. The monoisotopic (exact) mass is 266 g/mol. The third kappa shape index (κ3) is 2.68. The van der Waals surface area contributed by atoms with Crippen LogP contribution >= 0.6 is 11.6 Å². The van der Waals surface area contributed by atoms with Gasteiger partial charge in [0.05, 0.1) is 13.5 Å². The fraction of sp³-hybridized carbons (Fsp3) is 0.250. The van der Waals surface area contributed by atoms with Crippen LogP contribution in [-0.4, -0.2) is 23.2 Å². The average molecular weight is 267 g/mol. The van der Waals surface area contributed by atoms with Gasteiger partial charge in [0.2, 0.25) is 11.7 Å². The Bertz CT molecular complexity index is 580. The summed E-state index contributed by atoms with van der Waals surface area (Å²) in [6.45, 7) is 1.71. The largest absolute Gasteiger partial charge is 0.469 e. The second-order valence-corrected chi connectivity index (χ2v) is 4.10. The minimum absolute atomic E-state index is 0.140. The van der Waals surface area contributed by atoms with E-state index < -0.39 is 0 Å². The van der Waals surface area contributed by atoms with E-state index in [2.05, 4.69) is 14.9 Å². The summed E-state index contributed by atoms with van der Waals surface area (Å²) in [5.41, 5.74) is 1.44. The number of hydrogen-bond donors (Lipinski definition) is 0. The van der Waals surface area contributed by atoms with E-state index in [1.54, 1.807) is 25.1 Å². The van der Waals surface area contributed by atoms with Crippen LogP contribution in [0.1, 0.15) is 11.5 Å². The highest BCUT2D eigenvalue weighted by molar-refractivity contribution is 6.31. The Morgan fingerprint density at radius 3 is 2.83 bits per heavy atom. The Labute approximate surface area is 109 Å². The zero-order valence-corrected chi connectivity index (χ0v) is 10.7. The molecular formula is C12H11ClN2O3. The van der Waals surface area contributed by atoms with Crippen molar-refractivity contribution < 1.29 is 14.1 Å². The van der Waals surface area contributed by atoms with Crippen LogP contribution in [0.15, 0.2) is 22.7 Å². The zero-order chi connectivity index (χ0) is 13.1. The molecule has 18 heavy (non-hydrogen) atoms. The molecule has 0 spiro atoms. The summed E-state index contributed by atoms with van der Waals surface area (Å²) in [6, 6.07) is 5.23. The van der Waals surface area contributed by atoms with Gasteiger partial charge >= 0.3 is 5.97 Å². The van der Waals surface area contributed by atoms with Crippen molar-refractivity contribution in [2.75, 3.05) is 7.11 Å². The standard InChI is InChI=1S/C12H11ClN2O3/c1-7-14-12(15-18-7)9-4-3-8(10(13)5-9)6-11(16)17-2/h3-5H,6H2,1-2H3. The topological polar surface area (TPSA) is 65.2 Å². The lowest BCUT2D eigenvalue weighted by Gasteiger charge is -2.04. The Morgan fingerprint density at radius 1 is 1.50 bits per heavy atom. The molecule has 0 amide bonds. The summed E-state index contributed by atoms with van der Waals surface area (Å²) in [4.78, 5) is 15.3. The van der Waals surface area contributed by atoms with Crippen LogP contribution < -0.4 is 0 Å². The summed E-state index contributed by atoms with van der Waals surface area (Å²) in [6.07, 6.45) is 0.140. The van der Waals surface area contributed by atoms with Gasteiger partial charge in [0.15, 0.2) is 0 Å². The molecular weight excluding hydrogens is 256 g/mol. The Kier molecular flexibility index (Phi) is 3.62. The lowest BCUT2D eigenvalue weighted by molar-refractivity contribution is -0.139. The fourth-order valence-corrected chi connectivity index (χ4v) is 1.72. The molecule has 0 bridgehead atoms. The molecule has 0 aliphatic rings. The summed E-state index contributed by atoms with van der Waals surface area (Å²) >= 11 is 6.09. The SMILES string of the molecule is COC(=O)Cc1ccc(-c2noc(C)n2)cc1Cl. The quantitative estimate of drug-likeness (QED) is 0.798. The van der Waals surface area contributed by atoms with Crippen molar-refractivity contribution >= 4 is 17.6 Å². The molecule has 1 aromatic carbocycles. The number of halogens is 1. The smallest absolute Gasteiger partial charge is 0.310 e. The van der Waals surface area contributed by atoms with Crippen LogP contribution in [0.25, 0.3) is 11.4 Å². The number of nitrogens with zero attached hydrogens (tertiary/aromatic N) is 2. The van der Waals surface area contributed by atoms with Gasteiger partial charge in [0.25, 0.3) is 0 Å². The van der Waals surface area contributed by atoms with Crippen LogP contribution in [0, 0.1) is 6.92 Å². The lowest BCUT2D eigenvalue weighted by Crippen LogP contribution is -2.04. The molecule has 0 N–H and O–H groups in total. The van der Waals surface area contributed by atoms with Crippen LogP contribution in [0.5, 0.6) is 0 Å². The van der Waals surface area contributed by atoms with E-state index in [1.165, 1.54) is 7.11 Å². The molecule has 2 aromatic rings. The molecule has 6 heteroatoms. The van der Waals surface area contributed by atoms with Crippen LogP contribution in [-0.2, 0) is 16.0 Å². The van der Waals surface area contributed by atoms with Crippen LogP contribution in [0.2, 0.25) is 5.02 Å². The number of carbonyl (C=O) groups excluding carboxylic acids is 1. The van der Waals surface area contributed by atoms with E-state index in [4.69, 9.17) is 16.1 Å². The minimum Gasteiger partial charge on any atom is -0.469 e. The highest BCUT2D eigenvalue weighted by Crippen LogP contribution is 2.24. The lowest BCUT2D eigenvalue weighted by atomic mass is 10.1. The van der Waals surface area contributed by atoms with Crippen molar-refractivity contribution in [1.82, 2.24) is 10.1 Å². The van der Waals surface area contributed by atoms with Gasteiger partial charge in [0, 0.05) is 17.5 Å². The van der Waals surface area contributed by atoms with Crippen molar-refractivity contribution in [2.45, 2.75) is 13.3 Å². The summed E-state index contributed by atoms with van der Waals surface area (Å²) in [5.74, 6) is 0.624. The normalized spacial score (nSPS) is 10.4. The highest BCUT2D eigenvalue weighted by atomic mass is 35.5. The van der Waals surface area contributed by atoms with Gasteiger partial charge in [-0.15, -0.1) is 0 Å². The first-order valence-electron chi connectivity index (χ1n) is 5.26. The van der Waals surface area contributed by atoms with Gasteiger partial charge in [-0.05, 0) is 11.6 Å².